The van der Waals surface area contributed by atoms with Crippen LogP contribution in [0.5, 0.6) is 17.2 Å². The molecule has 1 aliphatic rings. The van der Waals surface area contributed by atoms with Gasteiger partial charge in [-0.2, -0.15) is 0 Å². The molecule has 29 heavy (non-hydrogen) atoms. The van der Waals surface area contributed by atoms with Gasteiger partial charge in [0.1, 0.15) is 23.8 Å². The van der Waals surface area contributed by atoms with Gasteiger partial charge in [0, 0.05) is 30.7 Å². The van der Waals surface area contributed by atoms with Crippen LogP contribution in [0.1, 0.15) is 33.6 Å². The molecule has 158 valence electrons. The Labute approximate surface area is 177 Å². The second kappa shape index (κ2) is 9.68. The molecule has 6 heteroatoms. The van der Waals surface area contributed by atoms with Crippen LogP contribution >= 0.6 is 11.6 Å². The molecule has 0 atom stereocenters. The highest BCUT2D eigenvalue weighted by Crippen LogP contribution is 2.30. The third kappa shape index (κ3) is 6.51. The average molecular weight is 422 g/mol. The molecule has 2 aromatic rings. The molecule has 1 saturated heterocycles. The van der Waals surface area contributed by atoms with Crippen molar-refractivity contribution < 1.29 is 18.6 Å². The summed E-state index contributed by atoms with van der Waals surface area (Å²) in [5, 5.41) is 0.709. The normalized spacial score (nSPS) is 16.6. The lowest BCUT2D eigenvalue weighted by Gasteiger charge is -2.39. The van der Waals surface area contributed by atoms with Gasteiger partial charge in [0.15, 0.2) is 11.5 Å². The van der Waals surface area contributed by atoms with Crippen LogP contribution in [0.4, 0.5) is 4.39 Å². The Balaban J connectivity index is 1.46. The summed E-state index contributed by atoms with van der Waals surface area (Å²) in [6, 6.07) is 11.9. The average Bonchev–Trinajstić information content (AvgIpc) is 2.66. The van der Waals surface area contributed by atoms with Crippen LogP contribution in [0.2, 0.25) is 5.02 Å². The van der Waals surface area contributed by atoms with Crippen LogP contribution in [0, 0.1) is 5.82 Å². The van der Waals surface area contributed by atoms with E-state index < -0.39 is 0 Å². The lowest BCUT2D eigenvalue weighted by molar-refractivity contribution is 0.0134. The first kappa shape index (κ1) is 21.7. The highest BCUT2D eigenvalue weighted by Gasteiger charge is 2.32. The smallest absolute Gasteiger partial charge is 0.164 e. The van der Waals surface area contributed by atoms with Gasteiger partial charge in [-0.15, -0.1) is 0 Å². The second-order valence-electron chi connectivity index (χ2n) is 7.95. The summed E-state index contributed by atoms with van der Waals surface area (Å²) >= 11 is 5.94. The zero-order chi connectivity index (χ0) is 20.9. The highest BCUT2D eigenvalue weighted by molar-refractivity contribution is 6.30. The van der Waals surface area contributed by atoms with Crippen LogP contribution in [-0.2, 0) is 0 Å². The van der Waals surface area contributed by atoms with Gasteiger partial charge in [0.05, 0.1) is 6.10 Å². The number of rotatable bonds is 8. The molecule has 0 saturated carbocycles. The number of piperidine rings is 1. The van der Waals surface area contributed by atoms with Crippen LogP contribution in [0.15, 0.2) is 42.5 Å². The molecule has 0 amide bonds. The number of halogens is 2. The fourth-order valence-electron chi connectivity index (χ4n) is 3.37. The number of ether oxygens (including phenoxy) is 3. The molecule has 0 radical (unpaired) electrons. The third-order valence-corrected chi connectivity index (χ3v) is 5.28. The molecular formula is C23H29ClFNO3. The van der Waals surface area contributed by atoms with E-state index in [9.17, 15) is 4.39 Å². The number of likely N-dealkylation sites (tertiary alicyclic amines) is 1. The molecule has 0 spiro atoms. The Morgan fingerprint density at radius 2 is 1.76 bits per heavy atom. The Morgan fingerprint density at radius 3 is 2.41 bits per heavy atom. The number of benzene rings is 2. The maximum atomic E-state index is 13.5. The molecular weight excluding hydrogens is 393 g/mol. The molecule has 3 rings (SSSR count). The van der Waals surface area contributed by atoms with Gasteiger partial charge in [-0.25, -0.2) is 4.39 Å². The molecule has 1 heterocycles. The van der Waals surface area contributed by atoms with Crippen molar-refractivity contribution in [2.45, 2.75) is 45.3 Å². The minimum atomic E-state index is -0.330. The number of hydrogen-bond donors (Lipinski definition) is 0. The van der Waals surface area contributed by atoms with E-state index in [0.29, 0.717) is 23.1 Å². The van der Waals surface area contributed by atoms with E-state index in [2.05, 4.69) is 11.8 Å². The van der Waals surface area contributed by atoms with Gasteiger partial charge in [-0.1, -0.05) is 11.6 Å². The van der Waals surface area contributed by atoms with E-state index in [0.717, 1.165) is 38.2 Å². The zero-order valence-corrected chi connectivity index (χ0v) is 18.0. The monoisotopic (exact) mass is 421 g/mol. The lowest BCUT2D eigenvalue weighted by atomic mass is 9.93. The van der Waals surface area contributed by atoms with Crippen molar-refractivity contribution in [1.82, 2.24) is 4.90 Å². The van der Waals surface area contributed by atoms with Gasteiger partial charge >= 0.3 is 0 Å². The van der Waals surface area contributed by atoms with Crippen molar-refractivity contribution in [2.24, 2.45) is 0 Å². The van der Waals surface area contributed by atoms with Crippen molar-refractivity contribution in [1.29, 1.82) is 0 Å². The minimum Gasteiger partial charge on any atom is -0.488 e. The molecule has 0 unspecified atom stereocenters. The van der Waals surface area contributed by atoms with Gasteiger partial charge < -0.3 is 14.2 Å². The zero-order valence-electron chi connectivity index (χ0n) is 17.3. The van der Waals surface area contributed by atoms with E-state index in [1.807, 2.05) is 38.1 Å². The van der Waals surface area contributed by atoms with E-state index in [1.165, 1.54) is 12.1 Å². The minimum absolute atomic E-state index is 0.0421. The Morgan fingerprint density at radius 1 is 1.07 bits per heavy atom. The summed E-state index contributed by atoms with van der Waals surface area (Å²) in [7, 11) is 0. The van der Waals surface area contributed by atoms with Crippen molar-refractivity contribution >= 4 is 11.6 Å². The van der Waals surface area contributed by atoms with Crippen LogP contribution in [-0.4, -0.2) is 42.8 Å². The van der Waals surface area contributed by atoms with Crippen molar-refractivity contribution in [3.63, 3.8) is 0 Å². The van der Waals surface area contributed by atoms with Crippen molar-refractivity contribution in [3.05, 3.63) is 53.3 Å². The summed E-state index contributed by atoms with van der Waals surface area (Å²) in [6.45, 7) is 9.17. The maximum absolute atomic E-state index is 13.5. The topological polar surface area (TPSA) is 30.9 Å². The molecule has 2 aromatic carbocycles. The maximum Gasteiger partial charge on any atom is 0.164 e. The van der Waals surface area contributed by atoms with Crippen LogP contribution in [0.3, 0.4) is 0 Å². The molecule has 1 fully saturated rings. The van der Waals surface area contributed by atoms with Gasteiger partial charge in [0.2, 0.25) is 0 Å². The molecule has 0 bridgehead atoms. The molecule has 4 nitrogen and oxygen atoms in total. The first-order valence-electron chi connectivity index (χ1n) is 10.1. The van der Waals surface area contributed by atoms with E-state index in [4.69, 9.17) is 25.8 Å². The van der Waals surface area contributed by atoms with Crippen LogP contribution in [0.25, 0.3) is 0 Å². The van der Waals surface area contributed by atoms with E-state index in [-0.39, 0.29) is 17.5 Å². The fraction of sp³-hybridized carbons (Fsp3) is 0.478. The Kier molecular flexibility index (Phi) is 7.25. The number of hydrogen-bond acceptors (Lipinski definition) is 4. The van der Waals surface area contributed by atoms with Crippen molar-refractivity contribution in [2.75, 3.05) is 26.2 Å². The SMILES string of the molecule is CC(C)Oc1cc(F)ccc1OCCN1CCC(C)(Oc2ccc(Cl)cc2)CC1. The quantitative estimate of drug-likeness (QED) is 0.556. The number of nitrogens with zero attached hydrogens (tertiary/aromatic N) is 1. The van der Waals surface area contributed by atoms with Crippen molar-refractivity contribution in [3.8, 4) is 17.2 Å². The van der Waals surface area contributed by atoms with Crippen LogP contribution < -0.4 is 14.2 Å². The lowest BCUT2D eigenvalue weighted by Crippen LogP contribution is -2.47. The highest BCUT2D eigenvalue weighted by atomic mass is 35.5. The first-order chi connectivity index (χ1) is 13.8. The molecule has 1 aliphatic heterocycles. The summed E-state index contributed by atoms with van der Waals surface area (Å²) in [5.41, 5.74) is -0.180. The van der Waals surface area contributed by atoms with Gasteiger partial charge in [0.25, 0.3) is 0 Å². The Bertz CT molecular complexity index is 789. The summed E-state index contributed by atoms with van der Waals surface area (Å²) in [5.74, 6) is 1.54. The summed E-state index contributed by atoms with van der Waals surface area (Å²) in [6.07, 6.45) is 1.83. The molecule has 0 aliphatic carbocycles. The molecule has 0 N–H and O–H groups in total. The summed E-state index contributed by atoms with van der Waals surface area (Å²) < 4.78 is 31.2. The van der Waals surface area contributed by atoms with E-state index in [1.54, 1.807) is 6.07 Å². The van der Waals surface area contributed by atoms with Gasteiger partial charge in [-0.3, -0.25) is 4.90 Å². The predicted octanol–water partition coefficient (Wildman–Crippen LogP) is 5.58. The second-order valence-corrected chi connectivity index (χ2v) is 8.39. The molecule has 0 aromatic heterocycles. The summed E-state index contributed by atoms with van der Waals surface area (Å²) in [4.78, 5) is 2.36. The third-order valence-electron chi connectivity index (χ3n) is 5.03. The fourth-order valence-corrected chi connectivity index (χ4v) is 3.50. The van der Waals surface area contributed by atoms with Gasteiger partial charge in [-0.05, 0) is 70.0 Å². The standard InChI is InChI=1S/C23H29ClFNO3/c1-17(2)28-22-16-19(25)6-9-21(22)27-15-14-26-12-10-23(3,11-13-26)29-20-7-4-18(24)5-8-20/h4-9,16-17H,10-15H2,1-3H3. The Hall–Kier alpha value is -1.98. The predicted molar refractivity (Wildman–Crippen MR) is 114 cm³/mol. The first-order valence-corrected chi connectivity index (χ1v) is 10.5. The largest absolute Gasteiger partial charge is 0.488 e. The van der Waals surface area contributed by atoms with E-state index >= 15 is 0 Å².